The molecule has 4 aromatic rings. The van der Waals surface area contributed by atoms with Crippen LogP contribution in [0.4, 0.5) is 11.8 Å². The van der Waals surface area contributed by atoms with Gasteiger partial charge >= 0.3 is 0 Å². The van der Waals surface area contributed by atoms with Crippen LogP contribution in [-0.4, -0.2) is 64.5 Å². The number of hydrogen-bond donors (Lipinski definition) is 2. The highest BCUT2D eigenvalue weighted by Crippen LogP contribution is 2.32. The van der Waals surface area contributed by atoms with E-state index in [0.717, 1.165) is 77.5 Å². The van der Waals surface area contributed by atoms with E-state index in [9.17, 15) is 5.11 Å². The van der Waals surface area contributed by atoms with Crippen LogP contribution in [0.3, 0.4) is 0 Å². The third-order valence-electron chi connectivity index (χ3n) is 6.64. The Bertz CT molecular complexity index is 1340. The van der Waals surface area contributed by atoms with Gasteiger partial charge in [-0.1, -0.05) is 35.0 Å². The van der Waals surface area contributed by atoms with Crippen LogP contribution in [0.2, 0.25) is 5.02 Å². The SMILES string of the molecule is Cc1noc(C)c1-c1ccc2nc(N3CCCN(CCO)CC3)nc(NCc3cccc(Cl)c3)c2c1. The van der Waals surface area contributed by atoms with Gasteiger partial charge in [0.25, 0.3) is 0 Å². The number of benzene rings is 2. The van der Waals surface area contributed by atoms with Crippen molar-refractivity contribution in [2.75, 3.05) is 49.5 Å². The van der Waals surface area contributed by atoms with Gasteiger partial charge in [-0.25, -0.2) is 4.98 Å². The summed E-state index contributed by atoms with van der Waals surface area (Å²) in [5, 5.41) is 18.6. The summed E-state index contributed by atoms with van der Waals surface area (Å²) in [6, 6.07) is 14.0. The Hall–Kier alpha value is -3.20. The van der Waals surface area contributed by atoms with E-state index >= 15 is 0 Å². The van der Waals surface area contributed by atoms with Crippen LogP contribution in [0.5, 0.6) is 0 Å². The monoisotopic (exact) mass is 506 g/mol. The predicted molar refractivity (Wildman–Crippen MR) is 144 cm³/mol. The molecule has 3 heterocycles. The number of aliphatic hydroxyl groups excluding tert-OH is 1. The summed E-state index contributed by atoms with van der Waals surface area (Å²) in [5.41, 5.74) is 4.83. The van der Waals surface area contributed by atoms with Crippen molar-refractivity contribution in [3.05, 3.63) is 64.5 Å². The average molecular weight is 507 g/mol. The van der Waals surface area contributed by atoms with Gasteiger partial charge in [0.05, 0.1) is 17.8 Å². The quantitative estimate of drug-likeness (QED) is 0.373. The molecule has 5 rings (SSSR count). The standard InChI is InChI=1S/C27H31ClN6O2/c1-18-25(19(2)36-32-18)21-7-8-24-23(16-21)26(29-17-20-5-3-6-22(28)15-20)31-27(30-24)34-10-4-9-33(11-12-34)13-14-35/h3,5-8,15-16,35H,4,9-14,17H2,1-2H3,(H,29,30,31). The Morgan fingerprint density at radius 3 is 2.72 bits per heavy atom. The lowest BCUT2D eigenvalue weighted by Gasteiger charge is -2.23. The molecule has 2 N–H and O–H groups in total. The molecular formula is C27H31ClN6O2. The van der Waals surface area contributed by atoms with Crippen molar-refractivity contribution < 1.29 is 9.63 Å². The Labute approximate surface area is 215 Å². The van der Waals surface area contributed by atoms with Crippen molar-refractivity contribution in [3.8, 4) is 11.1 Å². The summed E-state index contributed by atoms with van der Waals surface area (Å²) in [5.74, 6) is 2.28. The molecule has 1 aliphatic rings. The summed E-state index contributed by atoms with van der Waals surface area (Å²) in [4.78, 5) is 14.5. The maximum Gasteiger partial charge on any atom is 0.227 e. The highest BCUT2D eigenvalue weighted by molar-refractivity contribution is 6.30. The molecule has 0 atom stereocenters. The molecule has 0 spiro atoms. The van der Waals surface area contributed by atoms with E-state index in [1.165, 1.54) is 0 Å². The molecule has 188 valence electrons. The second-order valence-corrected chi connectivity index (χ2v) is 9.63. The van der Waals surface area contributed by atoms with Gasteiger partial charge in [-0.3, -0.25) is 4.90 Å². The molecule has 0 amide bonds. The normalized spacial score (nSPS) is 14.8. The lowest BCUT2D eigenvalue weighted by Crippen LogP contribution is -2.33. The summed E-state index contributed by atoms with van der Waals surface area (Å²) in [7, 11) is 0. The minimum Gasteiger partial charge on any atom is -0.395 e. The minimum absolute atomic E-state index is 0.178. The van der Waals surface area contributed by atoms with Crippen LogP contribution in [0.25, 0.3) is 22.0 Å². The number of fused-ring (bicyclic) bond motifs is 1. The predicted octanol–water partition coefficient (Wildman–Crippen LogP) is 4.67. The summed E-state index contributed by atoms with van der Waals surface area (Å²) >= 11 is 6.21. The van der Waals surface area contributed by atoms with E-state index in [1.807, 2.05) is 44.2 Å². The first-order valence-electron chi connectivity index (χ1n) is 12.3. The fourth-order valence-electron chi connectivity index (χ4n) is 4.81. The van der Waals surface area contributed by atoms with E-state index in [1.54, 1.807) is 0 Å². The molecule has 0 saturated carbocycles. The van der Waals surface area contributed by atoms with Gasteiger partial charge in [0, 0.05) is 48.7 Å². The molecule has 0 unspecified atom stereocenters. The van der Waals surface area contributed by atoms with E-state index in [-0.39, 0.29) is 6.61 Å². The van der Waals surface area contributed by atoms with Gasteiger partial charge in [0.2, 0.25) is 5.95 Å². The van der Waals surface area contributed by atoms with Gasteiger partial charge in [0.1, 0.15) is 11.6 Å². The molecular weight excluding hydrogens is 476 g/mol. The van der Waals surface area contributed by atoms with Gasteiger partial charge in [0.15, 0.2) is 0 Å². The Morgan fingerprint density at radius 2 is 1.94 bits per heavy atom. The molecule has 2 aromatic carbocycles. The van der Waals surface area contributed by atoms with Crippen LogP contribution in [0.1, 0.15) is 23.4 Å². The molecule has 2 aromatic heterocycles. The lowest BCUT2D eigenvalue weighted by atomic mass is 10.0. The van der Waals surface area contributed by atoms with E-state index in [4.69, 9.17) is 26.1 Å². The first-order chi connectivity index (χ1) is 17.5. The average Bonchev–Trinajstić information content (AvgIpc) is 3.05. The highest BCUT2D eigenvalue weighted by Gasteiger charge is 2.20. The van der Waals surface area contributed by atoms with Gasteiger partial charge in [-0.05, 0) is 62.2 Å². The van der Waals surface area contributed by atoms with Crippen LogP contribution in [0, 0.1) is 13.8 Å². The fraction of sp³-hybridized carbons (Fsp3) is 0.370. The zero-order chi connectivity index (χ0) is 25.1. The number of nitrogens with one attached hydrogen (secondary N) is 1. The number of aryl methyl sites for hydroxylation is 2. The molecule has 8 nitrogen and oxygen atoms in total. The third-order valence-corrected chi connectivity index (χ3v) is 6.88. The van der Waals surface area contributed by atoms with E-state index in [2.05, 4.69) is 32.4 Å². The Kier molecular flexibility index (Phi) is 7.36. The number of anilines is 2. The lowest BCUT2D eigenvalue weighted by molar-refractivity contribution is 0.204. The second kappa shape index (κ2) is 10.8. The Balaban J connectivity index is 1.52. The van der Waals surface area contributed by atoms with Crippen LogP contribution in [-0.2, 0) is 6.54 Å². The maximum atomic E-state index is 9.34. The zero-order valence-electron chi connectivity index (χ0n) is 20.7. The number of aromatic nitrogens is 3. The minimum atomic E-state index is 0.178. The number of nitrogens with zero attached hydrogens (tertiary/aromatic N) is 5. The van der Waals surface area contributed by atoms with Crippen molar-refractivity contribution in [1.29, 1.82) is 0 Å². The molecule has 1 saturated heterocycles. The topological polar surface area (TPSA) is 90.6 Å². The van der Waals surface area contributed by atoms with Crippen LogP contribution in [0.15, 0.2) is 47.0 Å². The number of rotatable bonds is 7. The molecule has 36 heavy (non-hydrogen) atoms. The molecule has 1 aliphatic heterocycles. The summed E-state index contributed by atoms with van der Waals surface area (Å²) < 4.78 is 5.41. The van der Waals surface area contributed by atoms with Crippen molar-refractivity contribution in [1.82, 2.24) is 20.0 Å². The smallest absolute Gasteiger partial charge is 0.227 e. The van der Waals surface area contributed by atoms with Gasteiger partial charge in [-0.15, -0.1) is 0 Å². The molecule has 0 bridgehead atoms. The van der Waals surface area contributed by atoms with Crippen molar-refractivity contribution in [2.45, 2.75) is 26.8 Å². The number of halogens is 1. The number of aliphatic hydroxyl groups is 1. The fourth-order valence-corrected chi connectivity index (χ4v) is 5.02. The Morgan fingerprint density at radius 1 is 1.06 bits per heavy atom. The molecule has 0 radical (unpaired) electrons. The molecule has 9 heteroatoms. The van der Waals surface area contributed by atoms with Crippen molar-refractivity contribution in [3.63, 3.8) is 0 Å². The van der Waals surface area contributed by atoms with E-state index in [0.29, 0.717) is 24.1 Å². The highest BCUT2D eigenvalue weighted by atomic mass is 35.5. The third kappa shape index (κ3) is 5.31. The first-order valence-corrected chi connectivity index (χ1v) is 12.7. The van der Waals surface area contributed by atoms with Gasteiger partial charge < -0.3 is 19.8 Å². The second-order valence-electron chi connectivity index (χ2n) is 9.19. The van der Waals surface area contributed by atoms with Crippen molar-refractivity contribution in [2.24, 2.45) is 0 Å². The summed E-state index contributed by atoms with van der Waals surface area (Å²) in [6.07, 6.45) is 0.998. The number of β-amino-alcohol motifs (C(OH)–C–C–N with tert-alkyl or cyclic N) is 1. The first kappa shape index (κ1) is 24.5. The van der Waals surface area contributed by atoms with Gasteiger partial charge in [-0.2, -0.15) is 4.98 Å². The van der Waals surface area contributed by atoms with Crippen molar-refractivity contribution >= 4 is 34.3 Å². The summed E-state index contributed by atoms with van der Waals surface area (Å²) in [6.45, 7) is 8.87. The van der Waals surface area contributed by atoms with Crippen LogP contribution >= 0.6 is 11.6 Å². The molecule has 0 aliphatic carbocycles. The molecule has 1 fully saturated rings. The maximum absolute atomic E-state index is 9.34. The largest absolute Gasteiger partial charge is 0.395 e. The van der Waals surface area contributed by atoms with Crippen LogP contribution < -0.4 is 10.2 Å². The zero-order valence-corrected chi connectivity index (χ0v) is 21.4. The van der Waals surface area contributed by atoms with E-state index < -0.39 is 0 Å². The number of hydrogen-bond acceptors (Lipinski definition) is 8.